The van der Waals surface area contributed by atoms with Gasteiger partial charge < -0.3 is 0 Å². The zero-order valence-corrected chi connectivity index (χ0v) is 11.7. The fraction of sp³-hybridized carbons (Fsp3) is 0.0833. The molecule has 2 aromatic rings. The first-order chi connectivity index (χ1) is 9.53. The highest BCUT2D eigenvalue weighted by molar-refractivity contribution is 7.92. The maximum atomic E-state index is 12.1. The number of hydrogen-bond acceptors (Lipinski definition) is 5. The minimum atomic E-state index is -3.79. The van der Waals surface area contributed by atoms with Crippen molar-refractivity contribution in [2.24, 2.45) is 0 Å². The molecule has 1 aromatic heterocycles. The standard InChI is InChI=1S/C12H9ClN4O2S/c13-11-12(16-8-7-15-11)17-20(18,19)10-3-1-9(2-4-10)5-6-14/h1-4,7-8H,5H2,(H,16,17). The smallest absolute Gasteiger partial charge is 0.261 e. The summed E-state index contributed by atoms with van der Waals surface area (Å²) in [5.74, 6) is -0.0322. The van der Waals surface area contributed by atoms with E-state index in [1.54, 1.807) is 12.1 Å². The number of rotatable bonds is 4. The molecule has 8 heteroatoms. The van der Waals surface area contributed by atoms with Gasteiger partial charge in [0.1, 0.15) is 0 Å². The monoisotopic (exact) mass is 308 g/mol. The lowest BCUT2D eigenvalue weighted by molar-refractivity contribution is 0.601. The molecule has 0 fully saturated rings. The lowest BCUT2D eigenvalue weighted by atomic mass is 10.2. The normalized spacial score (nSPS) is 10.8. The van der Waals surface area contributed by atoms with Gasteiger partial charge in [-0.2, -0.15) is 5.26 Å². The van der Waals surface area contributed by atoms with Gasteiger partial charge in [-0.3, -0.25) is 4.72 Å². The van der Waals surface area contributed by atoms with Gasteiger partial charge in [0, 0.05) is 12.4 Å². The van der Waals surface area contributed by atoms with Gasteiger partial charge >= 0.3 is 0 Å². The van der Waals surface area contributed by atoms with Gasteiger partial charge in [0.05, 0.1) is 17.4 Å². The lowest BCUT2D eigenvalue weighted by Crippen LogP contribution is -2.14. The lowest BCUT2D eigenvalue weighted by Gasteiger charge is -2.08. The molecule has 1 heterocycles. The molecule has 0 aliphatic rings. The Morgan fingerprint density at radius 3 is 2.45 bits per heavy atom. The van der Waals surface area contributed by atoms with Crippen LogP contribution in [0.2, 0.25) is 5.15 Å². The van der Waals surface area contributed by atoms with E-state index in [0.29, 0.717) is 0 Å². The summed E-state index contributed by atoms with van der Waals surface area (Å²) in [4.78, 5) is 7.60. The van der Waals surface area contributed by atoms with Crippen LogP contribution in [0.1, 0.15) is 5.56 Å². The third-order valence-corrected chi connectivity index (χ3v) is 4.03. The van der Waals surface area contributed by atoms with Gasteiger partial charge in [-0.1, -0.05) is 23.7 Å². The fourth-order valence-corrected chi connectivity index (χ4v) is 2.68. The molecular formula is C12H9ClN4O2S. The average Bonchev–Trinajstić information content (AvgIpc) is 2.42. The first-order valence-corrected chi connectivity index (χ1v) is 7.34. The van der Waals surface area contributed by atoms with E-state index >= 15 is 0 Å². The second kappa shape index (κ2) is 5.86. The van der Waals surface area contributed by atoms with Crippen LogP contribution in [-0.2, 0) is 16.4 Å². The summed E-state index contributed by atoms with van der Waals surface area (Å²) in [7, 11) is -3.79. The average molecular weight is 309 g/mol. The summed E-state index contributed by atoms with van der Waals surface area (Å²) in [6.45, 7) is 0. The van der Waals surface area contributed by atoms with Crippen molar-refractivity contribution in [2.75, 3.05) is 4.72 Å². The Balaban J connectivity index is 2.27. The largest absolute Gasteiger partial charge is 0.263 e. The molecule has 0 atom stereocenters. The molecule has 0 saturated carbocycles. The van der Waals surface area contributed by atoms with E-state index in [9.17, 15) is 8.42 Å². The van der Waals surface area contributed by atoms with Crippen molar-refractivity contribution in [1.29, 1.82) is 5.26 Å². The molecule has 0 radical (unpaired) electrons. The number of sulfonamides is 1. The van der Waals surface area contributed by atoms with E-state index in [2.05, 4.69) is 14.7 Å². The van der Waals surface area contributed by atoms with E-state index < -0.39 is 10.0 Å². The second-order valence-electron chi connectivity index (χ2n) is 3.78. The molecule has 2 rings (SSSR count). The zero-order valence-electron chi connectivity index (χ0n) is 10.1. The first kappa shape index (κ1) is 14.2. The maximum absolute atomic E-state index is 12.1. The van der Waals surface area contributed by atoms with Crippen LogP contribution in [0.3, 0.4) is 0 Å². The molecule has 0 bridgehead atoms. The molecule has 6 nitrogen and oxygen atoms in total. The van der Waals surface area contributed by atoms with Gasteiger partial charge in [-0.15, -0.1) is 0 Å². The van der Waals surface area contributed by atoms with E-state index in [0.717, 1.165) is 5.56 Å². The Morgan fingerprint density at radius 1 is 1.20 bits per heavy atom. The Kier molecular flexibility index (Phi) is 4.17. The van der Waals surface area contributed by atoms with Crippen molar-refractivity contribution in [2.45, 2.75) is 11.3 Å². The SMILES string of the molecule is N#CCc1ccc(S(=O)(=O)Nc2nccnc2Cl)cc1. The van der Waals surface area contributed by atoms with Crippen molar-refractivity contribution in [1.82, 2.24) is 9.97 Å². The number of halogens is 1. The van der Waals surface area contributed by atoms with Gasteiger partial charge in [-0.05, 0) is 17.7 Å². The third kappa shape index (κ3) is 3.23. The highest BCUT2D eigenvalue weighted by Crippen LogP contribution is 2.19. The van der Waals surface area contributed by atoms with E-state index in [1.165, 1.54) is 24.5 Å². The van der Waals surface area contributed by atoms with E-state index in [4.69, 9.17) is 16.9 Å². The zero-order chi connectivity index (χ0) is 14.6. The van der Waals surface area contributed by atoms with Crippen molar-refractivity contribution in [3.8, 4) is 6.07 Å². The topological polar surface area (TPSA) is 95.7 Å². The molecule has 1 aromatic carbocycles. The van der Waals surface area contributed by atoms with E-state index in [1.807, 2.05) is 6.07 Å². The quantitative estimate of drug-likeness (QED) is 0.932. The van der Waals surface area contributed by atoms with Gasteiger partial charge in [0.2, 0.25) is 0 Å². The number of benzene rings is 1. The fourth-order valence-electron chi connectivity index (χ4n) is 1.45. The summed E-state index contributed by atoms with van der Waals surface area (Å²) in [6.07, 6.45) is 2.92. The Labute approximate surface area is 121 Å². The van der Waals surface area contributed by atoms with Crippen LogP contribution in [0.5, 0.6) is 0 Å². The number of anilines is 1. The van der Waals surface area contributed by atoms with Crippen LogP contribution in [0.4, 0.5) is 5.82 Å². The summed E-state index contributed by atoms with van der Waals surface area (Å²) in [5.41, 5.74) is 0.740. The molecule has 0 saturated heterocycles. The Morgan fingerprint density at radius 2 is 1.85 bits per heavy atom. The van der Waals surface area contributed by atoms with Crippen LogP contribution in [-0.4, -0.2) is 18.4 Å². The third-order valence-electron chi connectivity index (χ3n) is 2.40. The van der Waals surface area contributed by atoms with Crippen LogP contribution in [0.25, 0.3) is 0 Å². The predicted molar refractivity (Wildman–Crippen MR) is 73.6 cm³/mol. The van der Waals surface area contributed by atoms with Gasteiger partial charge in [0.25, 0.3) is 10.0 Å². The number of nitrogens with zero attached hydrogens (tertiary/aromatic N) is 3. The van der Waals surface area contributed by atoms with Crippen LogP contribution >= 0.6 is 11.6 Å². The molecule has 0 aliphatic heterocycles. The highest BCUT2D eigenvalue weighted by Gasteiger charge is 2.16. The van der Waals surface area contributed by atoms with Crippen molar-refractivity contribution in [3.05, 3.63) is 47.4 Å². The molecular weight excluding hydrogens is 300 g/mol. The molecule has 0 spiro atoms. The van der Waals surface area contributed by atoms with Gasteiger partial charge in [-0.25, -0.2) is 18.4 Å². The minimum absolute atomic E-state index is 0.0304. The molecule has 1 N–H and O–H groups in total. The maximum Gasteiger partial charge on any atom is 0.263 e. The number of hydrogen-bond donors (Lipinski definition) is 1. The molecule has 0 amide bonds. The van der Waals surface area contributed by atoms with Gasteiger partial charge in [0.15, 0.2) is 11.0 Å². The van der Waals surface area contributed by atoms with Crippen LogP contribution in [0.15, 0.2) is 41.6 Å². The number of nitrogens with one attached hydrogen (secondary N) is 1. The molecule has 20 heavy (non-hydrogen) atoms. The highest BCUT2D eigenvalue weighted by atomic mass is 35.5. The van der Waals surface area contributed by atoms with Crippen molar-refractivity contribution in [3.63, 3.8) is 0 Å². The summed E-state index contributed by atoms with van der Waals surface area (Å²) in [5, 5.41) is 8.53. The van der Waals surface area contributed by atoms with Crippen molar-refractivity contribution < 1.29 is 8.42 Å². The summed E-state index contributed by atoms with van der Waals surface area (Å²) < 4.78 is 26.5. The molecule has 0 unspecified atom stereocenters. The predicted octanol–water partition coefficient (Wildman–Crippen LogP) is 2.00. The van der Waals surface area contributed by atoms with E-state index in [-0.39, 0.29) is 22.3 Å². The number of nitriles is 1. The first-order valence-electron chi connectivity index (χ1n) is 5.48. The van der Waals surface area contributed by atoms with Crippen LogP contribution < -0.4 is 4.72 Å². The Hall–Kier alpha value is -2.17. The summed E-state index contributed by atoms with van der Waals surface area (Å²) >= 11 is 5.75. The molecule has 102 valence electrons. The Bertz CT molecular complexity index is 754. The number of aromatic nitrogens is 2. The summed E-state index contributed by atoms with van der Waals surface area (Å²) in [6, 6.07) is 7.98. The minimum Gasteiger partial charge on any atom is -0.261 e. The van der Waals surface area contributed by atoms with Crippen LogP contribution in [0, 0.1) is 11.3 Å². The second-order valence-corrected chi connectivity index (χ2v) is 5.82. The van der Waals surface area contributed by atoms with Crippen molar-refractivity contribution >= 4 is 27.4 Å². The molecule has 0 aliphatic carbocycles.